The van der Waals surface area contributed by atoms with Crippen molar-refractivity contribution in [1.29, 1.82) is 0 Å². The van der Waals surface area contributed by atoms with E-state index < -0.39 is 89.8 Å². The Kier molecular flexibility index (Phi) is 24.1. The van der Waals surface area contributed by atoms with Crippen LogP contribution in [0.2, 0.25) is 0 Å². The lowest BCUT2D eigenvalue weighted by molar-refractivity contribution is -0.192. The number of nitrogens with zero attached hydrogens (tertiary/aromatic N) is 3. The first-order chi connectivity index (χ1) is 30.3. The first-order valence-corrected chi connectivity index (χ1v) is 21.0. The van der Waals surface area contributed by atoms with Gasteiger partial charge in [0, 0.05) is 26.1 Å². The van der Waals surface area contributed by atoms with Crippen molar-refractivity contribution in [2.24, 2.45) is 50.5 Å². The molecule has 0 aliphatic carbocycles. The minimum Gasteiger partial charge on any atom is -0.508 e. The van der Waals surface area contributed by atoms with Crippen LogP contribution in [0.1, 0.15) is 84.6 Å². The number of likely N-dealkylation sites (tertiary alicyclic amines) is 1. The van der Waals surface area contributed by atoms with Crippen LogP contribution in [-0.2, 0) is 40.0 Å². The zero-order chi connectivity index (χ0) is 49.6. The molecule has 1 fully saturated rings. The van der Waals surface area contributed by atoms with Crippen molar-refractivity contribution in [3.63, 3.8) is 0 Å². The minimum absolute atomic E-state index is 0.0105. The van der Waals surface area contributed by atoms with E-state index in [-0.39, 0.29) is 75.3 Å². The van der Waals surface area contributed by atoms with Gasteiger partial charge >= 0.3 is 18.1 Å². The number of hydrogen-bond donors (Lipinski definition) is 12. The molecular weight excluding hydrogens is 866 g/mol. The molecule has 0 spiro atoms. The van der Waals surface area contributed by atoms with Crippen molar-refractivity contribution >= 4 is 53.4 Å². The molecule has 366 valence electrons. The Morgan fingerprint density at radius 1 is 0.800 bits per heavy atom. The summed E-state index contributed by atoms with van der Waals surface area (Å²) in [6, 6.07) is -0.652. The Labute approximate surface area is 374 Å². The van der Waals surface area contributed by atoms with Crippen LogP contribution < -0.4 is 49.9 Å². The lowest BCUT2D eigenvalue weighted by Crippen LogP contribution is -2.60. The fourth-order valence-electron chi connectivity index (χ4n) is 6.45. The number of carboxylic acids is 2. The lowest BCUT2D eigenvalue weighted by Gasteiger charge is -2.31. The number of alkyl halides is 3. The molecule has 2 rings (SSSR count). The van der Waals surface area contributed by atoms with Crippen molar-refractivity contribution in [2.75, 3.05) is 19.6 Å². The van der Waals surface area contributed by atoms with Gasteiger partial charge in [-0.15, -0.1) is 0 Å². The normalized spacial score (nSPS) is 16.2. The van der Waals surface area contributed by atoms with Gasteiger partial charge in [0.05, 0.1) is 6.04 Å². The molecule has 17 N–H and O–H groups in total. The number of carboxylic acid groups (broad SMARTS) is 2. The first kappa shape index (κ1) is 56.6. The van der Waals surface area contributed by atoms with Crippen molar-refractivity contribution in [1.82, 2.24) is 26.2 Å². The van der Waals surface area contributed by atoms with Gasteiger partial charge in [0.15, 0.2) is 11.9 Å². The number of nitrogens with one attached hydrogen (secondary N) is 4. The summed E-state index contributed by atoms with van der Waals surface area (Å²) in [5, 5.41) is 37.5. The minimum atomic E-state index is -5.08. The third-order valence-corrected chi connectivity index (χ3v) is 10.1. The second kappa shape index (κ2) is 27.7. The first-order valence-electron chi connectivity index (χ1n) is 21.0. The number of carbonyl (C=O) groups is 7. The highest BCUT2D eigenvalue weighted by Gasteiger charge is 2.40. The number of guanidine groups is 2. The molecule has 1 saturated heterocycles. The van der Waals surface area contributed by atoms with Gasteiger partial charge in [-0.25, -0.2) is 9.59 Å². The van der Waals surface area contributed by atoms with Gasteiger partial charge in [-0.1, -0.05) is 46.2 Å². The number of aliphatic carboxylic acids is 2. The summed E-state index contributed by atoms with van der Waals surface area (Å²) in [6.45, 7) is 7.84. The van der Waals surface area contributed by atoms with Gasteiger partial charge < -0.3 is 70.2 Å². The zero-order valence-electron chi connectivity index (χ0n) is 37.0. The van der Waals surface area contributed by atoms with Crippen LogP contribution in [0.4, 0.5) is 13.2 Å². The van der Waals surface area contributed by atoms with Crippen molar-refractivity contribution < 1.29 is 62.1 Å². The van der Waals surface area contributed by atoms with Gasteiger partial charge in [-0.05, 0) is 74.5 Å². The summed E-state index contributed by atoms with van der Waals surface area (Å²) in [6.07, 6.45) is -2.72. The Morgan fingerprint density at radius 3 is 1.83 bits per heavy atom. The molecule has 22 nitrogen and oxygen atoms in total. The van der Waals surface area contributed by atoms with Crippen molar-refractivity contribution in [3.05, 3.63) is 29.8 Å². The number of halogens is 3. The van der Waals surface area contributed by atoms with Crippen LogP contribution in [0.15, 0.2) is 34.3 Å². The van der Waals surface area contributed by atoms with Gasteiger partial charge in [-0.3, -0.25) is 34.0 Å². The molecule has 0 aromatic heterocycles. The summed E-state index contributed by atoms with van der Waals surface area (Å²) < 4.78 is 31.7. The Bertz CT molecular complexity index is 1810. The second-order valence-corrected chi connectivity index (χ2v) is 15.9. The molecule has 0 saturated carbocycles. The smallest absolute Gasteiger partial charge is 0.490 e. The highest BCUT2D eigenvalue weighted by Crippen LogP contribution is 2.21. The molecule has 0 bridgehead atoms. The number of amides is 5. The van der Waals surface area contributed by atoms with Crippen LogP contribution in [0.3, 0.4) is 0 Å². The van der Waals surface area contributed by atoms with Crippen LogP contribution in [0.5, 0.6) is 5.75 Å². The molecule has 5 amide bonds. The van der Waals surface area contributed by atoms with E-state index in [1.54, 1.807) is 19.1 Å². The highest BCUT2D eigenvalue weighted by atomic mass is 19.4. The van der Waals surface area contributed by atoms with E-state index in [9.17, 15) is 52.2 Å². The predicted octanol–water partition coefficient (Wildman–Crippen LogP) is -0.891. The van der Waals surface area contributed by atoms with E-state index in [2.05, 4.69) is 31.3 Å². The average Bonchev–Trinajstić information content (AvgIpc) is 3.72. The molecule has 0 radical (unpaired) electrons. The third kappa shape index (κ3) is 21.2. The number of benzene rings is 1. The van der Waals surface area contributed by atoms with Crippen molar-refractivity contribution in [3.8, 4) is 5.75 Å². The maximum absolute atomic E-state index is 14.1. The largest absolute Gasteiger partial charge is 0.508 e. The van der Waals surface area contributed by atoms with Crippen molar-refractivity contribution in [2.45, 2.75) is 128 Å². The third-order valence-electron chi connectivity index (χ3n) is 10.1. The molecule has 0 unspecified atom stereocenters. The number of phenols is 1. The van der Waals surface area contributed by atoms with E-state index in [0.29, 0.717) is 31.2 Å². The van der Waals surface area contributed by atoms with Gasteiger partial charge in [0.1, 0.15) is 36.0 Å². The zero-order valence-corrected chi connectivity index (χ0v) is 37.0. The molecule has 1 aliphatic heterocycles. The quantitative estimate of drug-likeness (QED) is 0.0340. The maximum Gasteiger partial charge on any atom is 0.490 e. The topological polar surface area (TPSA) is 386 Å². The van der Waals surface area contributed by atoms with E-state index in [1.165, 1.54) is 17.0 Å². The molecule has 1 aromatic rings. The maximum atomic E-state index is 14.1. The summed E-state index contributed by atoms with van der Waals surface area (Å²) in [7, 11) is 0. The monoisotopic (exact) mass is 930 g/mol. The number of carbonyl (C=O) groups excluding carboxylic acids is 5. The number of hydrogen-bond acceptors (Lipinski definition) is 11. The lowest BCUT2D eigenvalue weighted by atomic mass is 9.96. The Hall–Kier alpha value is -6.40. The summed E-state index contributed by atoms with van der Waals surface area (Å²) in [4.78, 5) is 99.0. The second-order valence-electron chi connectivity index (χ2n) is 15.9. The molecule has 1 aliphatic rings. The van der Waals surface area contributed by atoms with Crippen LogP contribution >= 0.6 is 0 Å². The van der Waals surface area contributed by atoms with Crippen LogP contribution in [0, 0.1) is 11.8 Å². The molecule has 7 atom stereocenters. The van der Waals surface area contributed by atoms with E-state index in [4.69, 9.17) is 38.6 Å². The molecular formula is C40H65F3N12O10. The molecule has 25 heteroatoms. The number of nitrogens with two attached hydrogens (primary N) is 5. The average molecular weight is 931 g/mol. The van der Waals surface area contributed by atoms with E-state index in [1.807, 2.05) is 20.8 Å². The molecule has 65 heavy (non-hydrogen) atoms. The molecule has 1 aromatic carbocycles. The number of rotatable bonds is 24. The van der Waals surface area contributed by atoms with Gasteiger partial charge in [0.2, 0.25) is 29.5 Å². The number of aliphatic imine (C=N–C) groups is 2. The fourth-order valence-corrected chi connectivity index (χ4v) is 6.45. The van der Waals surface area contributed by atoms with Crippen LogP contribution in [0.25, 0.3) is 0 Å². The summed E-state index contributed by atoms with van der Waals surface area (Å²) in [5.41, 5.74) is 28.3. The summed E-state index contributed by atoms with van der Waals surface area (Å²) >= 11 is 0. The molecule has 1 heterocycles. The van der Waals surface area contributed by atoms with Gasteiger partial charge in [0.25, 0.3) is 0 Å². The SMILES string of the molecule is CC[C@H](C)[C@H](NC(=O)[C@H](Cc1ccc(O)cc1)NC(=O)[C@@H]1CCCN1C(=O)[C@H](CCCN=C(N)N)NC(=O)[C@@H](N)CCCN=C(N)N)C(=O)N[C@@H](CC(C)C)C(=O)O.O=C(O)C(F)(F)F. The standard InChI is InChI=1S/C38H64N12O8.C2HF3O2/c1-5-22(4)30(34(55)48-28(36(57)58)19-21(2)3)49-32(53)27(20-23-12-14-24(51)15-13-23)47-33(54)29-11-8-18-50(29)35(56)26(10-7-17-45-38(42)43)46-31(52)25(39)9-6-16-44-37(40)41;3-2(4,5)1(6)7/h12-15,21-22,25-30,51H,5-11,16-20,39H2,1-4H3,(H,46,52)(H,47,54)(H,48,55)(H,49,53)(H,57,58)(H4,40,41,44)(H4,42,43,45);(H,6,7)/t22-,25-,26-,27-,28-,29-,30-;/m0./s1. The Morgan fingerprint density at radius 2 is 1.34 bits per heavy atom. The Balaban J connectivity index is 0.00000277. The predicted molar refractivity (Wildman–Crippen MR) is 232 cm³/mol. The summed E-state index contributed by atoms with van der Waals surface area (Å²) in [5.74, 6) is -7.82. The van der Waals surface area contributed by atoms with E-state index in [0.717, 1.165) is 0 Å². The number of aromatic hydroxyl groups is 1. The fraction of sp³-hybridized carbons (Fsp3) is 0.625. The van der Waals surface area contributed by atoms with Gasteiger partial charge in [-0.2, -0.15) is 13.2 Å². The highest BCUT2D eigenvalue weighted by molar-refractivity contribution is 5.97. The number of phenolic OH excluding ortho intramolecular Hbond substituents is 1. The van der Waals surface area contributed by atoms with Crippen LogP contribution in [-0.4, -0.2) is 136 Å². The van der Waals surface area contributed by atoms with E-state index >= 15 is 0 Å².